The van der Waals surface area contributed by atoms with Crippen LogP contribution in [0.1, 0.15) is 20.3 Å². The van der Waals surface area contributed by atoms with Crippen LogP contribution in [0.25, 0.3) is 0 Å². The average molecular weight is 179 g/mol. The maximum absolute atomic E-state index is 10.8. The molecule has 0 aromatic rings. The molecule has 0 aliphatic heterocycles. The molecule has 0 aliphatic carbocycles. The van der Waals surface area contributed by atoms with Crippen LogP contribution in [0, 0.1) is 5.92 Å². The second-order valence-corrected chi connectivity index (χ2v) is 2.51. The zero-order valence-electron chi connectivity index (χ0n) is 6.59. The maximum Gasteiger partial charge on any atom is 0.317 e. The van der Waals surface area contributed by atoms with Crippen LogP contribution in [0.2, 0.25) is 0 Å². The summed E-state index contributed by atoms with van der Waals surface area (Å²) in [5, 5.41) is 0. The molecular weight excluding hydrogens is 168 g/mol. The largest absolute Gasteiger partial charge is 0.393 e. The summed E-state index contributed by atoms with van der Waals surface area (Å²) in [7, 11) is 0. The quantitative estimate of drug-likeness (QED) is 0.372. The highest BCUT2D eigenvalue weighted by Crippen LogP contribution is 2.01. The van der Waals surface area contributed by atoms with Crippen molar-refractivity contribution in [3.8, 4) is 0 Å². The van der Waals surface area contributed by atoms with Crippen LogP contribution in [-0.2, 0) is 14.3 Å². The molecule has 0 rings (SSSR count). The predicted molar refractivity (Wildman–Crippen MR) is 41.3 cm³/mol. The summed E-state index contributed by atoms with van der Waals surface area (Å²) in [6, 6.07) is 0. The van der Waals surface area contributed by atoms with Gasteiger partial charge in [-0.2, -0.15) is 0 Å². The summed E-state index contributed by atoms with van der Waals surface area (Å²) < 4.78 is 4.39. The molecule has 0 radical (unpaired) electrons. The molecule has 64 valence electrons. The number of rotatable bonds is 3. The Morgan fingerprint density at radius 3 is 2.45 bits per heavy atom. The first kappa shape index (κ1) is 10.4. The van der Waals surface area contributed by atoms with Crippen LogP contribution in [0.4, 0.5) is 0 Å². The van der Waals surface area contributed by atoms with Gasteiger partial charge < -0.3 is 4.74 Å². The molecule has 0 fully saturated rings. The molecule has 0 aromatic heterocycles. The van der Waals surface area contributed by atoms with E-state index in [0.717, 1.165) is 0 Å². The highest BCUT2D eigenvalue weighted by molar-refractivity contribution is 6.19. The van der Waals surface area contributed by atoms with E-state index in [1.165, 1.54) is 0 Å². The maximum atomic E-state index is 10.8. The molecule has 3 nitrogen and oxygen atoms in total. The summed E-state index contributed by atoms with van der Waals surface area (Å²) in [4.78, 5) is 21.4. The van der Waals surface area contributed by atoms with Crippen molar-refractivity contribution in [3.63, 3.8) is 0 Å². The summed E-state index contributed by atoms with van der Waals surface area (Å²) >= 11 is 5.36. The van der Waals surface area contributed by atoms with Crippen molar-refractivity contribution < 1.29 is 14.3 Å². The lowest BCUT2D eigenvalue weighted by atomic mass is 10.2. The Hall–Kier alpha value is -0.570. The van der Waals surface area contributed by atoms with Crippen LogP contribution in [-0.4, -0.2) is 17.8 Å². The Labute approximate surface area is 70.7 Å². The van der Waals surface area contributed by atoms with Crippen molar-refractivity contribution >= 4 is 23.5 Å². The number of halogens is 1. The van der Waals surface area contributed by atoms with E-state index in [1.54, 1.807) is 13.8 Å². The number of hydrogen-bond donors (Lipinski definition) is 0. The van der Waals surface area contributed by atoms with Gasteiger partial charge in [-0.25, -0.2) is 0 Å². The van der Waals surface area contributed by atoms with Crippen LogP contribution >= 0.6 is 11.6 Å². The lowest BCUT2D eigenvalue weighted by molar-refractivity contribution is -0.161. The van der Waals surface area contributed by atoms with E-state index in [0.29, 0.717) is 0 Å². The molecule has 11 heavy (non-hydrogen) atoms. The zero-order valence-corrected chi connectivity index (χ0v) is 7.35. The SMILES string of the molecule is CCC(=O)OC(=O)C(C)CCl. The second kappa shape index (κ2) is 5.13. The van der Waals surface area contributed by atoms with E-state index < -0.39 is 17.9 Å². The summed E-state index contributed by atoms with van der Waals surface area (Å²) in [6.07, 6.45) is 0.209. The Morgan fingerprint density at radius 1 is 1.55 bits per heavy atom. The van der Waals surface area contributed by atoms with Gasteiger partial charge in [0.05, 0.1) is 5.92 Å². The van der Waals surface area contributed by atoms with Gasteiger partial charge in [0.25, 0.3) is 0 Å². The van der Waals surface area contributed by atoms with Gasteiger partial charge in [-0.1, -0.05) is 13.8 Å². The Balaban J connectivity index is 3.77. The molecule has 0 saturated carbocycles. The molecule has 0 amide bonds. The van der Waals surface area contributed by atoms with Crippen molar-refractivity contribution in [1.82, 2.24) is 0 Å². The second-order valence-electron chi connectivity index (χ2n) is 2.20. The van der Waals surface area contributed by atoms with Gasteiger partial charge in [-0.3, -0.25) is 9.59 Å². The Bertz CT molecular complexity index is 156. The number of esters is 2. The van der Waals surface area contributed by atoms with Crippen molar-refractivity contribution in [1.29, 1.82) is 0 Å². The van der Waals surface area contributed by atoms with Gasteiger partial charge in [0.1, 0.15) is 0 Å². The number of carbonyl (C=O) groups excluding carboxylic acids is 2. The molecule has 0 spiro atoms. The third-order valence-electron chi connectivity index (χ3n) is 1.14. The van der Waals surface area contributed by atoms with Crippen molar-refractivity contribution in [2.45, 2.75) is 20.3 Å². The topological polar surface area (TPSA) is 43.4 Å². The van der Waals surface area contributed by atoms with E-state index in [2.05, 4.69) is 4.74 Å². The first-order chi connectivity index (χ1) is 5.11. The zero-order chi connectivity index (χ0) is 8.85. The monoisotopic (exact) mass is 178 g/mol. The number of carbonyl (C=O) groups is 2. The fourth-order valence-corrected chi connectivity index (χ4v) is 0.474. The van der Waals surface area contributed by atoms with Gasteiger partial charge in [0, 0.05) is 12.3 Å². The van der Waals surface area contributed by atoms with Gasteiger partial charge in [0.2, 0.25) is 0 Å². The molecule has 1 unspecified atom stereocenters. The minimum Gasteiger partial charge on any atom is -0.393 e. The van der Waals surface area contributed by atoms with E-state index in [1.807, 2.05) is 0 Å². The standard InChI is InChI=1S/C7H11ClO3/c1-3-6(9)11-7(10)5(2)4-8/h5H,3-4H2,1-2H3. The van der Waals surface area contributed by atoms with Gasteiger partial charge >= 0.3 is 11.9 Å². The van der Waals surface area contributed by atoms with Gasteiger partial charge in [-0.05, 0) is 0 Å². The summed E-state index contributed by atoms with van der Waals surface area (Å²) in [5.74, 6) is -1.29. The highest BCUT2D eigenvalue weighted by atomic mass is 35.5. The van der Waals surface area contributed by atoms with E-state index in [9.17, 15) is 9.59 Å². The molecular formula is C7H11ClO3. The molecule has 0 aliphatic rings. The molecule has 0 bridgehead atoms. The van der Waals surface area contributed by atoms with Crippen LogP contribution in [0.5, 0.6) is 0 Å². The normalized spacial score (nSPS) is 12.3. The van der Waals surface area contributed by atoms with Crippen LogP contribution in [0.15, 0.2) is 0 Å². The minimum atomic E-state index is -0.549. The average Bonchev–Trinajstić information content (AvgIpc) is 2.02. The summed E-state index contributed by atoms with van der Waals surface area (Å²) in [5.41, 5.74) is 0. The smallest absolute Gasteiger partial charge is 0.317 e. The van der Waals surface area contributed by atoms with Crippen molar-refractivity contribution in [2.24, 2.45) is 5.92 Å². The first-order valence-electron chi connectivity index (χ1n) is 3.42. The first-order valence-corrected chi connectivity index (χ1v) is 3.95. The molecule has 0 heterocycles. The lowest BCUT2D eigenvalue weighted by Crippen LogP contribution is -2.19. The predicted octanol–water partition coefficient (Wildman–Crippen LogP) is 1.34. The minimum absolute atomic E-state index is 0.176. The van der Waals surface area contributed by atoms with E-state index >= 15 is 0 Å². The molecule has 0 N–H and O–H groups in total. The van der Waals surface area contributed by atoms with Gasteiger partial charge in [-0.15, -0.1) is 11.6 Å². The molecule has 0 aromatic carbocycles. The third kappa shape index (κ3) is 3.98. The highest BCUT2D eigenvalue weighted by Gasteiger charge is 2.15. The van der Waals surface area contributed by atoms with E-state index in [4.69, 9.17) is 11.6 Å². The fraction of sp³-hybridized carbons (Fsp3) is 0.714. The Morgan fingerprint density at radius 2 is 2.09 bits per heavy atom. The molecule has 1 atom stereocenters. The summed E-state index contributed by atoms with van der Waals surface area (Å²) in [6.45, 7) is 3.24. The van der Waals surface area contributed by atoms with Gasteiger partial charge in [0.15, 0.2) is 0 Å². The fourth-order valence-electron chi connectivity index (χ4n) is 0.348. The number of hydrogen-bond acceptors (Lipinski definition) is 3. The van der Waals surface area contributed by atoms with E-state index in [-0.39, 0.29) is 12.3 Å². The third-order valence-corrected chi connectivity index (χ3v) is 1.60. The number of alkyl halides is 1. The van der Waals surface area contributed by atoms with Crippen LogP contribution in [0.3, 0.4) is 0 Å². The van der Waals surface area contributed by atoms with Crippen molar-refractivity contribution in [2.75, 3.05) is 5.88 Å². The molecule has 0 saturated heterocycles. The number of ether oxygens (including phenoxy) is 1. The molecule has 4 heteroatoms. The van der Waals surface area contributed by atoms with Crippen molar-refractivity contribution in [3.05, 3.63) is 0 Å². The lowest BCUT2D eigenvalue weighted by Gasteiger charge is -2.04. The Kier molecular flexibility index (Phi) is 4.86. The van der Waals surface area contributed by atoms with Crippen LogP contribution < -0.4 is 0 Å².